The molecule has 2 N–H and O–H groups in total. The third-order valence-corrected chi connectivity index (χ3v) is 5.84. The standard InChI is InChI=1S/C19H19N3O6/c1-21(11-6-9(7-11)19(27)28)10-2-3-12-13(8-10)18(26)22(17(12)25)14-4-5-15(23)20-16(14)24/h2-3,8-9,11,14H,4-7H2,1H3,(H,27,28)(H,20,23,24)/t9-,11-,14?. The van der Waals surface area contributed by atoms with E-state index in [2.05, 4.69) is 5.32 Å². The maximum atomic E-state index is 12.8. The molecule has 0 radical (unpaired) electrons. The zero-order chi connectivity index (χ0) is 20.2. The molecule has 1 saturated carbocycles. The van der Waals surface area contributed by atoms with Crippen LogP contribution in [-0.2, 0) is 14.4 Å². The maximum Gasteiger partial charge on any atom is 0.306 e. The maximum absolute atomic E-state index is 12.8. The highest BCUT2D eigenvalue weighted by atomic mass is 16.4. The van der Waals surface area contributed by atoms with Gasteiger partial charge in [0.25, 0.3) is 11.8 Å². The Kier molecular flexibility index (Phi) is 4.17. The fourth-order valence-electron chi connectivity index (χ4n) is 3.99. The third-order valence-electron chi connectivity index (χ3n) is 5.84. The summed E-state index contributed by atoms with van der Waals surface area (Å²) in [6.07, 6.45) is 1.24. The molecular formula is C19H19N3O6. The Bertz CT molecular complexity index is 920. The van der Waals surface area contributed by atoms with E-state index in [0.29, 0.717) is 18.5 Å². The molecule has 2 aliphatic heterocycles. The molecule has 4 rings (SSSR count). The van der Waals surface area contributed by atoms with Crippen molar-refractivity contribution < 1.29 is 29.1 Å². The Morgan fingerprint density at radius 3 is 2.46 bits per heavy atom. The molecule has 4 amide bonds. The van der Waals surface area contributed by atoms with Gasteiger partial charge in [-0.15, -0.1) is 0 Å². The monoisotopic (exact) mass is 385 g/mol. The van der Waals surface area contributed by atoms with Crippen LogP contribution in [-0.4, -0.2) is 58.7 Å². The number of anilines is 1. The summed E-state index contributed by atoms with van der Waals surface area (Å²) in [6, 6.07) is 3.94. The average molecular weight is 385 g/mol. The van der Waals surface area contributed by atoms with Gasteiger partial charge in [-0.25, -0.2) is 0 Å². The van der Waals surface area contributed by atoms with E-state index in [9.17, 15) is 24.0 Å². The van der Waals surface area contributed by atoms with Gasteiger partial charge < -0.3 is 10.0 Å². The molecule has 9 heteroatoms. The number of amides is 4. The van der Waals surface area contributed by atoms with E-state index >= 15 is 0 Å². The summed E-state index contributed by atoms with van der Waals surface area (Å²) in [6.45, 7) is 0. The van der Waals surface area contributed by atoms with Crippen LogP contribution in [0.1, 0.15) is 46.4 Å². The largest absolute Gasteiger partial charge is 0.481 e. The zero-order valence-corrected chi connectivity index (χ0v) is 15.2. The SMILES string of the molecule is CN(c1ccc2c(c1)C(=O)N(C1CCC(=O)NC1=O)C2=O)[C@H]1C[C@H](C(=O)O)C1. The third kappa shape index (κ3) is 2.74. The minimum Gasteiger partial charge on any atom is -0.481 e. The second-order valence-electron chi connectivity index (χ2n) is 7.45. The van der Waals surface area contributed by atoms with Crippen LogP contribution in [0.15, 0.2) is 18.2 Å². The topological polar surface area (TPSA) is 124 Å². The molecular weight excluding hydrogens is 366 g/mol. The molecule has 2 heterocycles. The summed E-state index contributed by atoms with van der Waals surface area (Å²) in [5.41, 5.74) is 1.15. The first kappa shape index (κ1) is 18.1. The highest BCUT2D eigenvalue weighted by Gasteiger charge is 2.45. The van der Waals surface area contributed by atoms with Crippen LogP contribution in [0.2, 0.25) is 0 Å². The highest BCUT2D eigenvalue weighted by molar-refractivity contribution is 6.23. The highest BCUT2D eigenvalue weighted by Crippen LogP contribution is 2.36. The van der Waals surface area contributed by atoms with Gasteiger partial charge in [-0.3, -0.25) is 34.2 Å². The van der Waals surface area contributed by atoms with Crippen molar-refractivity contribution in [2.75, 3.05) is 11.9 Å². The van der Waals surface area contributed by atoms with Gasteiger partial charge in [0.05, 0.1) is 17.0 Å². The molecule has 0 bridgehead atoms. The predicted octanol–water partition coefficient (Wildman–Crippen LogP) is 0.387. The van der Waals surface area contributed by atoms with Crippen LogP contribution in [0.5, 0.6) is 0 Å². The van der Waals surface area contributed by atoms with Crippen LogP contribution in [0.3, 0.4) is 0 Å². The van der Waals surface area contributed by atoms with Crippen LogP contribution in [0.4, 0.5) is 5.69 Å². The van der Waals surface area contributed by atoms with Crippen LogP contribution >= 0.6 is 0 Å². The van der Waals surface area contributed by atoms with Crippen molar-refractivity contribution in [3.8, 4) is 0 Å². The van der Waals surface area contributed by atoms with Gasteiger partial charge in [-0.05, 0) is 37.5 Å². The second-order valence-corrected chi connectivity index (χ2v) is 7.45. The molecule has 1 atom stereocenters. The minimum absolute atomic E-state index is 0.0533. The number of piperidine rings is 1. The lowest BCUT2D eigenvalue weighted by atomic mass is 9.79. The van der Waals surface area contributed by atoms with Crippen molar-refractivity contribution >= 4 is 35.3 Å². The summed E-state index contributed by atoms with van der Waals surface area (Å²) < 4.78 is 0. The molecule has 146 valence electrons. The van der Waals surface area contributed by atoms with Crippen molar-refractivity contribution in [3.05, 3.63) is 29.3 Å². The van der Waals surface area contributed by atoms with Gasteiger partial charge in [-0.1, -0.05) is 0 Å². The number of benzene rings is 1. The van der Waals surface area contributed by atoms with Crippen molar-refractivity contribution in [2.45, 2.75) is 37.8 Å². The number of fused-ring (bicyclic) bond motifs is 1. The van der Waals surface area contributed by atoms with Crippen LogP contribution in [0.25, 0.3) is 0 Å². The summed E-state index contributed by atoms with van der Waals surface area (Å²) in [4.78, 5) is 62.8. The molecule has 28 heavy (non-hydrogen) atoms. The van der Waals surface area contributed by atoms with Crippen molar-refractivity contribution in [1.82, 2.24) is 10.2 Å². The number of hydrogen-bond donors (Lipinski definition) is 2. The summed E-state index contributed by atoms with van der Waals surface area (Å²) in [5.74, 6) is -3.31. The lowest BCUT2D eigenvalue weighted by molar-refractivity contribution is -0.145. The molecule has 9 nitrogen and oxygen atoms in total. The number of aliphatic carboxylic acids is 1. The fourth-order valence-corrected chi connectivity index (χ4v) is 3.99. The number of carboxylic acid groups (broad SMARTS) is 1. The Balaban J connectivity index is 1.55. The quantitative estimate of drug-likeness (QED) is 0.718. The van der Waals surface area contributed by atoms with Gasteiger partial charge in [0.15, 0.2) is 0 Å². The molecule has 0 spiro atoms. The number of carbonyl (C=O) groups is 5. The number of nitrogens with zero attached hydrogens (tertiary/aromatic N) is 2. The molecule has 2 fully saturated rings. The van der Waals surface area contributed by atoms with Gasteiger partial charge >= 0.3 is 5.97 Å². The zero-order valence-electron chi connectivity index (χ0n) is 15.2. The van der Waals surface area contributed by atoms with E-state index < -0.39 is 35.6 Å². The molecule has 1 aromatic carbocycles. The van der Waals surface area contributed by atoms with Gasteiger partial charge in [0.1, 0.15) is 6.04 Å². The lowest BCUT2D eigenvalue weighted by Crippen LogP contribution is -2.54. The number of carboxylic acids is 1. The summed E-state index contributed by atoms with van der Waals surface area (Å²) in [5, 5.41) is 11.2. The first-order valence-corrected chi connectivity index (χ1v) is 9.09. The lowest BCUT2D eigenvalue weighted by Gasteiger charge is -2.40. The van der Waals surface area contributed by atoms with E-state index in [-0.39, 0.29) is 35.9 Å². The molecule has 1 unspecified atom stereocenters. The Morgan fingerprint density at radius 2 is 1.82 bits per heavy atom. The summed E-state index contributed by atoms with van der Waals surface area (Å²) >= 11 is 0. The van der Waals surface area contributed by atoms with Crippen LogP contribution in [0, 0.1) is 5.92 Å². The molecule has 1 aromatic rings. The Labute approximate surface area is 160 Å². The van der Waals surface area contributed by atoms with E-state index in [1.807, 2.05) is 11.9 Å². The van der Waals surface area contributed by atoms with Crippen LogP contribution < -0.4 is 10.2 Å². The molecule has 1 saturated heterocycles. The smallest absolute Gasteiger partial charge is 0.306 e. The Hall–Kier alpha value is -3.23. The normalized spacial score (nSPS) is 26.6. The Morgan fingerprint density at radius 1 is 1.14 bits per heavy atom. The number of imide groups is 2. The predicted molar refractivity (Wildman–Crippen MR) is 95.7 cm³/mol. The fraction of sp³-hybridized carbons (Fsp3) is 0.421. The van der Waals surface area contributed by atoms with E-state index in [0.717, 1.165) is 4.90 Å². The van der Waals surface area contributed by atoms with Gasteiger partial charge in [-0.2, -0.15) is 0 Å². The van der Waals surface area contributed by atoms with Crippen molar-refractivity contribution in [1.29, 1.82) is 0 Å². The molecule has 1 aliphatic carbocycles. The first-order valence-electron chi connectivity index (χ1n) is 9.09. The van der Waals surface area contributed by atoms with Crippen molar-refractivity contribution in [3.63, 3.8) is 0 Å². The minimum atomic E-state index is -0.991. The van der Waals surface area contributed by atoms with E-state index in [1.165, 1.54) is 0 Å². The van der Waals surface area contributed by atoms with Gasteiger partial charge in [0, 0.05) is 25.2 Å². The first-order chi connectivity index (χ1) is 13.3. The second kappa shape index (κ2) is 6.43. The van der Waals surface area contributed by atoms with E-state index in [1.54, 1.807) is 18.2 Å². The number of hydrogen-bond acceptors (Lipinski definition) is 6. The average Bonchev–Trinajstić information content (AvgIpc) is 2.84. The van der Waals surface area contributed by atoms with E-state index in [4.69, 9.17) is 5.11 Å². The summed E-state index contributed by atoms with van der Waals surface area (Å²) in [7, 11) is 1.82. The number of rotatable bonds is 4. The number of carbonyl (C=O) groups excluding carboxylic acids is 4. The molecule has 3 aliphatic rings. The number of nitrogens with one attached hydrogen (secondary N) is 1. The van der Waals surface area contributed by atoms with Gasteiger partial charge in [0.2, 0.25) is 11.8 Å². The molecule has 0 aromatic heterocycles. The van der Waals surface area contributed by atoms with Crippen molar-refractivity contribution in [2.24, 2.45) is 5.92 Å².